The summed E-state index contributed by atoms with van der Waals surface area (Å²) in [4.78, 5) is 24.1. The molecule has 1 N–H and O–H groups in total. The van der Waals surface area contributed by atoms with Crippen molar-refractivity contribution in [2.75, 3.05) is 13.2 Å². The number of aryl methyl sites for hydroxylation is 1. The predicted molar refractivity (Wildman–Crippen MR) is 97.8 cm³/mol. The van der Waals surface area contributed by atoms with Gasteiger partial charge in [-0.05, 0) is 59.0 Å². The Hall–Kier alpha value is -2.94. The Bertz CT molecular complexity index is 917. The number of rotatable bonds is 8. The molecule has 0 aliphatic rings. The average molecular weight is 373 g/mol. The van der Waals surface area contributed by atoms with Crippen molar-refractivity contribution in [3.05, 3.63) is 57.8 Å². The molecule has 2 aromatic heterocycles. The van der Waals surface area contributed by atoms with Crippen LogP contribution in [0.5, 0.6) is 5.75 Å². The Morgan fingerprint density at radius 3 is 2.92 bits per heavy atom. The lowest BCUT2D eigenvalue weighted by molar-refractivity contribution is -0.121. The fraction of sp³-hybridized carbons (Fsp3) is 0.294. The highest BCUT2D eigenvalue weighted by atomic mass is 32.1. The van der Waals surface area contributed by atoms with Crippen molar-refractivity contribution >= 4 is 17.2 Å². The van der Waals surface area contributed by atoms with E-state index in [-0.39, 0.29) is 12.5 Å². The van der Waals surface area contributed by atoms with Crippen LogP contribution in [0.1, 0.15) is 12.0 Å². The molecule has 136 valence electrons. The minimum atomic E-state index is -0.439. The summed E-state index contributed by atoms with van der Waals surface area (Å²) in [5.74, 6) is 0.522. The summed E-state index contributed by atoms with van der Waals surface area (Å²) in [6.07, 6.45) is 0.663. The molecule has 0 fully saturated rings. The first kappa shape index (κ1) is 17.9. The second-order valence-electron chi connectivity index (χ2n) is 5.65. The van der Waals surface area contributed by atoms with Gasteiger partial charge >= 0.3 is 5.69 Å². The summed E-state index contributed by atoms with van der Waals surface area (Å²) in [6, 6.07) is 11.4. The van der Waals surface area contributed by atoms with Gasteiger partial charge in [0.05, 0.1) is 6.61 Å². The maximum Gasteiger partial charge on any atom is 0.369 e. The Labute approximate surface area is 154 Å². The molecule has 0 saturated heterocycles. The molecule has 8 nitrogen and oxygen atoms in total. The molecule has 0 atom stereocenters. The molecule has 1 aromatic carbocycles. The van der Waals surface area contributed by atoms with Crippen LogP contribution in [-0.4, -0.2) is 38.8 Å². The van der Waals surface area contributed by atoms with Gasteiger partial charge in [-0.3, -0.25) is 4.79 Å². The first-order valence-corrected chi connectivity index (χ1v) is 9.04. The number of thiophene rings is 1. The number of carbonyl (C=O) groups excluding carboxylic acids is 1. The number of nitrogens with one attached hydrogen (secondary N) is 1. The summed E-state index contributed by atoms with van der Waals surface area (Å²) < 4.78 is 7.83. The average Bonchev–Trinajstić information content (AvgIpc) is 3.25. The third-order valence-electron chi connectivity index (χ3n) is 3.55. The van der Waals surface area contributed by atoms with Crippen molar-refractivity contribution in [3.8, 4) is 10.8 Å². The normalized spacial score (nSPS) is 10.7. The van der Waals surface area contributed by atoms with E-state index < -0.39 is 5.69 Å². The minimum Gasteiger partial charge on any atom is -0.494 e. The fourth-order valence-corrected chi connectivity index (χ4v) is 2.96. The number of nitrogens with zero attached hydrogens (tertiary/aromatic N) is 4. The van der Waals surface area contributed by atoms with E-state index in [4.69, 9.17) is 4.74 Å². The number of benzene rings is 1. The molecular weight excluding hydrogens is 354 g/mol. The van der Waals surface area contributed by atoms with Crippen LogP contribution in [0.25, 0.3) is 5.00 Å². The predicted octanol–water partition coefficient (Wildman–Crippen LogP) is 1.38. The van der Waals surface area contributed by atoms with Crippen molar-refractivity contribution in [1.82, 2.24) is 25.1 Å². The Morgan fingerprint density at radius 2 is 2.15 bits per heavy atom. The molecule has 3 rings (SSSR count). The Morgan fingerprint density at radius 1 is 1.27 bits per heavy atom. The third-order valence-corrected chi connectivity index (χ3v) is 4.39. The smallest absolute Gasteiger partial charge is 0.369 e. The highest BCUT2D eigenvalue weighted by Crippen LogP contribution is 2.12. The molecule has 0 aliphatic heterocycles. The van der Waals surface area contributed by atoms with Gasteiger partial charge in [0, 0.05) is 6.54 Å². The van der Waals surface area contributed by atoms with E-state index in [1.54, 1.807) is 6.07 Å². The van der Waals surface area contributed by atoms with Crippen LogP contribution in [0.3, 0.4) is 0 Å². The molecule has 1 amide bonds. The van der Waals surface area contributed by atoms with Crippen molar-refractivity contribution in [2.45, 2.75) is 19.9 Å². The molecule has 2 heterocycles. The third kappa shape index (κ3) is 4.57. The molecule has 26 heavy (non-hydrogen) atoms. The standard InChI is InChI=1S/C17H19N5O3S/c1-13-5-2-6-14(11-13)25-9-4-8-18-15(23)12-21-17(24)22(20-19-21)16-7-3-10-26-16/h2-3,5-7,10-11H,4,8-9,12H2,1H3,(H,18,23). The first-order valence-electron chi connectivity index (χ1n) is 8.16. The lowest BCUT2D eigenvalue weighted by Gasteiger charge is -2.07. The summed E-state index contributed by atoms with van der Waals surface area (Å²) >= 11 is 1.37. The van der Waals surface area contributed by atoms with Gasteiger partial charge in [-0.25, -0.2) is 4.79 Å². The monoisotopic (exact) mass is 373 g/mol. The second-order valence-corrected chi connectivity index (χ2v) is 6.58. The number of carbonyl (C=O) groups is 1. The van der Waals surface area contributed by atoms with Crippen LogP contribution in [0, 0.1) is 6.92 Å². The van der Waals surface area contributed by atoms with E-state index in [0.29, 0.717) is 24.6 Å². The molecule has 0 radical (unpaired) electrons. The highest BCUT2D eigenvalue weighted by Gasteiger charge is 2.12. The number of tetrazole rings is 1. The minimum absolute atomic E-state index is 0.164. The summed E-state index contributed by atoms with van der Waals surface area (Å²) in [7, 11) is 0. The number of aromatic nitrogens is 4. The van der Waals surface area contributed by atoms with Crippen LogP contribution in [0.4, 0.5) is 0 Å². The Kier molecular flexibility index (Phi) is 5.80. The van der Waals surface area contributed by atoms with Crippen LogP contribution >= 0.6 is 11.3 Å². The van der Waals surface area contributed by atoms with E-state index in [1.165, 1.54) is 16.0 Å². The van der Waals surface area contributed by atoms with Gasteiger partial charge in [0.15, 0.2) is 0 Å². The number of ether oxygens (including phenoxy) is 1. The van der Waals surface area contributed by atoms with Crippen molar-refractivity contribution in [1.29, 1.82) is 0 Å². The number of hydrogen-bond donors (Lipinski definition) is 1. The van der Waals surface area contributed by atoms with Gasteiger partial charge in [-0.2, -0.15) is 9.36 Å². The maximum atomic E-state index is 12.2. The van der Waals surface area contributed by atoms with E-state index in [1.807, 2.05) is 42.6 Å². The van der Waals surface area contributed by atoms with Gasteiger partial charge in [0.2, 0.25) is 5.91 Å². The van der Waals surface area contributed by atoms with E-state index in [9.17, 15) is 9.59 Å². The molecule has 0 spiro atoms. The zero-order valence-electron chi connectivity index (χ0n) is 14.3. The summed E-state index contributed by atoms with van der Waals surface area (Å²) in [6.45, 7) is 2.79. The molecule has 0 saturated carbocycles. The van der Waals surface area contributed by atoms with E-state index in [0.717, 1.165) is 16.0 Å². The summed E-state index contributed by atoms with van der Waals surface area (Å²) in [5, 5.41) is 12.8. The maximum absolute atomic E-state index is 12.2. The van der Waals surface area contributed by atoms with Crippen LogP contribution < -0.4 is 15.7 Å². The molecule has 0 bridgehead atoms. The van der Waals surface area contributed by atoms with Gasteiger partial charge < -0.3 is 10.1 Å². The van der Waals surface area contributed by atoms with Gasteiger partial charge in [0.1, 0.15) is 17.3 Å². The molecule has 3 aromatic rings. The number of amides is 1. The highest BCUT2D eigenvalue weighted by molar-refractivity contribution is 7.12. The van der Waals surface area contributed by atoms with Crippen LogP contribution in [0.15, 0.2) is 46.6 Å². The quantitative estimate of drug-likeness (QED) is 0.603. The van der Waals surface area contributed by atoms with E-state index >= 15 is 0 Å². The Balaban J connectivity index is 1.41. The topological polar surface area (TPSA) is 91.0 Å². The van der Waals surface area contributed by atoms with Gasteiger partial charge in [-0.15, -0.1) is 11.3 Å². The van der Waals surface area contributed by atoms with E-state index in [2.05, 4.69) is 15.7 Å². The number of hydrogen-bond acceptors (Lipinski definition) is 6. The van der Waals surface area contributed by atoms with Crippen molar-refractivity contribution in [2.24, 2.45) is 0 Å². The van der Waals surface area contributed by atoms with Crippen LogP contribution in [0.2, 0.25) is 0 Å². The van der Waals surface area contributed by atoms with Gasteiger partial charge in [0.25, 0.3) is 0 Å². The van der Waals surface area contributed by atoms with Crippen LogP contribution in [-0.2, 0) is 11.3 Å². The SMILES string of the molecule is Cc1cccc(OCCCNC(=O)Cn2nnn(-c3cccs3)c2=O)c1. The zero-order chi connectivity index (χ0) is 18.4. The van der Waals surface area contributed by atoms with Crippen molar-refractivity contribution < 1.29 is 9.53 Å². The molecule has 0 unspecified atom stereocenters. The molecule has 9 heteroatoms. The second kappa shape index (κ2) is 8.43. The lowest BCUT2D eigenvalue weighted by atomic mass is 10.2. The first-order chi connectivity index (χ1) is 12.6. The zero-order valence-corrected chi connectivity index (χ0v) is 15.1. The molecule has 0 aliphatic carbocycles. The summed E-state index contributed by atoms with van der Waals surface area (Å²) in [5.41, 5.74) is 0.697. The lowest BCUT2D eigenvalue weighted by Crippen LogP contribution is -2.34. The molecular formula is C17H19N5O3S. The largest absolute Gasteiger partial charge is 0.494 e. The fourth-order valence-electron chi connectivity index (χ4n) is 2.29. The van der Waals surface area contributed by atoms with Crippen molar-refractivity contribution in [3.63, 3.8) is 0 Å². The van der Waals surface area contributed by atoms with Gasteiger partial charge in [-0.1, -0.05) is 12.1 Å².